The van der Waals surface area contributed by atoms with Crippen LogP contribution < -0.4 is 0 Å². The van der Waals surface area contributed by atoms with E-state index in [2.05, 4.69) is 123 Å². The zero-order valence-electron chi connectivity index (χ0n) is 44.2. The van der Waals surface area contributed by atoms with E-state index < -0.39 is 43.4 Å². The van der Waals surface area contributed by atoms with Crippen molar-refractivity contribution in [1.82, 2.24) is 0 Å². The van der Waals surface area contributed by atoms with E-state index in [1.54, 1.807) is 0 Å². The molecule has 400 valence electrons. The number of hydrogen-bond donors (Lipinski definition) is 4. The SMILES string of the molecule is CC/C=C\C/C=C\C/C=C\C/C=C\C/C=C\C/C=C\C/C=C\CCCC(=O)OC(COCCCCCCCCCCCCCC/C=C\C/C=C\CCCCCCC)COC1OC(CO)C(O)C(O)C1O. The second-order valence-corrected chi connectivity index (χ2v) is 18.6. The first kappa shape index (κ1) is 64.9. The second-order valence-electron chi connectivity index (χ2n) is 18.6. The number of carbonyl (C=O) groups excluding carboxylic acids is 1. The van der Waals surface area contributed by atoms with Gasteiger partial charge in [0, 0.05) is 13.0 Å². The standard InChI is InChI=1S/C61H102O9/c1-3-5-7-9-11-13-15-17-19-21-23-25-27-29-31-33-35-37-39-41-43-45-47-49-51-67-53-55(54-68-61-60(66)59(65)58(64)56(52-62)70-61)69-57(63)50-48-46-44-42-40-38-36-34-32-30-28-26-24-22-20-18-16-14-12-10-8-6-4-2/h6,8,12,14-15,17-18,20-21,23-24,26,30,32,36,38,42,44,55-56,58-62,64-66H,3-5,7,9-11,13,16,19,22,25,27-29,31,33-35,37,39-41,43,45-54H2,1-2H3/b8-6-,14-12-,17-15-,20-18-,23-21-,26-24-,32-30-,38-36-,44-42-. The van der Waals surface area contributed by atoms with Crippen LogP contribution in [-0.2, 0) is 23.7 Å². The average Bonchev–Trinajstić information content (AvgIpc) is 3.36. The minimum Gasteiger partial charge on any atom is -0.457 e. The summed E-state index contributed by atoms with van der Waals surface area (Å²) >= 11 is 0. The number of unbranched alkanes of at least 4 members (excludes halogenated alkanes) is 18. The second kappa shape index (κ2) is 50.8. The molecule has 0 spiro atoms. The summed E-state index contributed by atoms with van der Waals surface area (Å²) < 4.78 is 22.9. The molecule has 1 aliphatic heterocycles. The maximum absolute atomic E-state index is 12.8. The van der Waals surface area contributed by atoms with E-state index in [-0.39, 0.29) is 25.6 Å². The third-order valence-corrected chi connectivity index (χ3v) is 12.2. The molecule has 6 unspecified atom stereocenters. The fraction of sp³-hybridized carbons (Fsp3) is 0.689. The van der Waals surface area contributed by atoms with Crippen molar-refractivity contribution in [2.24, 2.45) is 0 Å². The number of carbonyl (C=O) groups is 1. The number of rotatable bonds is 47. The van der Waals surface area contributed by atoms with Gasteiger partial charge < -0.3 is 39.4 Å². The van der Waals surface area contributed by atoms with Crippen molar-refractivity contribution >= 4 is 5.97 Å². The number of hydrogen-bond acceptors (Lipinski definition) is 9. The van der Waals surface area contributed by atoms with Crippen LogP contribution >= 0.6 is 0 Å². The van der Waals surface area contributed by atoms with Gasteiger partial charge >= 0.3 is 5.97 Å². The van der Waals surface area contributed by atoms with E-state index in [1.165, 1.54) is 109 Å². The van der Waals surface area contributed by atoms with Crippen LogP contribution in [0.2, 0.25) is 0 Å². The van der Waals surface area contributed by atoms with Gasteiger partial charge in [0.15, 0.2) is 6.29 Å². The van der Waals surface area contributed by atoms with Crippen LogP contribution in [-0.4, -0.2) is 89.6 Å². The van der Waals surface area contributed by atoms with E-state index >= 15 is 0 Å². The average molecular weight is 979 g/mol. The van der Waals surface area contributed by atoms with Crippen molar-refractivity contribution < 1.29 is 44.2 Å². The van der Waals surface area contributed by atoms with Crippen LogP contribution in [0.15, 0.2) is 109 Å². The van der Waals surface area contributed by atoms with Crippen LogP contribution in [0, 0.1) is 0 Å². The molecule has 6 atom stereocenters. The molecule has 0 aromatic carbocycles. The molecule has 0 amide bonds. The highest BCUT2D eigenvalue weighted by atomic mass is 16.7. The van der Waals surface area contributed by atoms with Gasteiger partial charge in [-0.05, 0) is 96.3 Å². The van der Waals surface area contributed by atoms with Gasteiger partial charge in [0.1, 0.15) is 30.5 Å². The first-order valence-corrected chi connectivity index (χ1v) is 28.0. The van der Waals surface area contributed by atoms with Crippen LogP contribution in [0.1, 0.15) is 206 Å². The molecule has 0 radical (unpaired) electrons. The highest BCUT2D eigenvalue weighted by Crippen LogP contribution is 2.23. The summed E-state index contributed by atoms with van der Waals surface area (Å²) in [6.07, 6.45) is 65.6. The quantitative estimate of drug-likeness (QED) is 0.0267. The van der Waals surface area contributed by atoms with E-state index in [0.29, 0.717) is 13.0 Å². The predicted octanol–water partition coefficient (Wildman–Crippen LogP) is 14.5. The lowest BCUT2D eigenvalue weighted by Crippen LogP contribution is -2.59. The van der Waals surface area contributed by atoms with Crippen molar-refractivity contribution in [2.45, 2.75) is 243 Å². The summed E-state index contributed by atoms with van der Waals surface area (Å²) in [5.74, 6) is -0.373. The molecule has 0 aliphatic carbocycles. The third kappa shape index (κ3) is 40.4. The van der Waals surface area contributed by atoms with Gasteiger partial charge in [0.2, 0.25) is 0 Å². The minimum absolute atomic E-state index is 0.114. The molecule has 0 bridgehead atoms. The summed E-state index contributed by atoms with van der Waals surface area (Å²) in [6, 6.07) is 0. The highest BCUT2D eigenvalue weighted by molar-refractivity contribution is 5.69. The summed E-state index contributed by atoms with van der Waals surface area (Å²) in [6.45, 7) is 4.36. The largest absolute Gasteiger partial charge is 0.457 e. The van der Waals surface area contributed by atoms with Gasteiger partial charge in [-0.25, -0.2) is 0 Å². The van der Waals surface area contributed by atoms with Crippen molar-refractivity contribution in [2.75, 3.05) is 26.4 Å². The van der Waals surface area contributed by atoms with Gasteiger partial charge in [-0.3, -0.25) is 4.79 Å². The molecule has 1 saturated heterocycles. The molecule has 0 aromatic heterocycles. The smallest absolute Gasteiger partial charge is 0.306 e. The number of allylic oxidation sites excluding steroid dienone is 18. The topological polar surface area (TPSA) is 135 Å². The lowest BCUT2D eigenvalue weighted by Gasteiger charge is -2.39. The van der Waals surface area contributed by atoms with E-state index in [1.807, 2.05) is 0 Å². The molecule has 1 heterocycles. The number of esters is 1. The van der Waals surface area contributed by atoms with Crippen LogP contribution in [0.4, 0.5) is 0 Å². The lowest BCUT2D eigenvalue weighted by molar-refractivity contribution is -0.305. The molecular formula is C61H102O9. The maximum Gasteiger partial charge on any atom is 0.306 e. The monoisotopic (exact) mass is 979 g/mol. The van der Waals surface area contributed by atoms with E-state index in [4.69, 9.17) is 18.9 Å². The van der Waals surface area contributed by atoms with Crippen molar-refractivity contribution in [3.63, 3.8) is 0 Å². The Hall–Kier alpha value is -3.15. The first-order chi connectivity index (χ1) is 34.4. The molecule has 9 nitrogen and oxygen atoms in total. The molecule has 9 heteroatoms. The molecule has 0 saturated carbocycles. The Morgan fingerprint density at radius 2 is 0.871 bits per heavy atom. The number of aliphatic hydroxyl groups is 4. The normalized spacial score (nSPS) is 19.8. The van der Waals surface area contributed by atoms with Gasteiger partial charge in [-0.2, -0.15) is 0 Å². The van der Waals surface area contributed by atoms with Gasteiger partial charge in [0.25, 0.3) is 0 Å². The molecule has 4 N–H and O–H groups in total. The fourth-order valence-corrected chi connectivity index (χ4v) is 7.86. The Balaban J connectivity index is 2.23. The maximum atomic E-state index is 12.8. The summed E-state index contributed by atoms with van der Waals surface area (Å²) in [7, 11) is 0. The molecule has 1 fully saturated rings. The Morgan fingerprint density at radius 1 is 0.471 bits per heavy atom. The molecule has 1 rings (SSSR count). The zero-order valence-corrected chi connectivity index (χ0v) is 44.2. The predicted molar refractivity (Wildman–Crippen MR) is 293 cm³/mol. The molecule has 1 aliphatic rings. The van der Waals surface area contributed by atoms with Crippen molar-refractivity contribution in [3.8, 4) is 0 Å². The summed E-state index contributed by atoms with van der Waals surface area (Å²) in [5.41, 5.74) is 0. The van der Waals surface area contributed by atoms with Crippen LogP contribution in [0.3, 0.4) is 0 Å². The Labute approximate surface area is 427 Å². The molecule has 70 heavy (non-hydrogen) atoms. The van der Waals surface area contributed by atoms with Crippen LogP contribution in [0.25, 0.3) is 0 Å². The Morgan fingerprint density at radius 3 is 1.31 bits per heavy atom. The fourth-order valence-electron chi connectivity index (χ4n) is 7.86. The summed E-state index contributed by atoms with van der Waals surface area (Å²) in [4.78, 5) is 12.8. The van der Waals surface area contributed by atoms with Crippen LogP contribution in [0.5, 0.6) is 0 Å². The highest BCUT2D eigenvalue weighted by Gasteiger charge is 2.44. The number of aliphatic hydroxyl groups excluding tert-OH is 4. The lowest BCUT2D eigenvalue weighted by atomic mass is 9.99. The van der Waals surface area contributed by atoms with Gasteiger partial charge in [0.05, 0.1) is 19.8 Å². The van der Waals surface area contributed by atoms with E-state index in [0.717, 1.165) is 70.6 Å². The summed E-state index contributed by atoms with van der Waals surface area (Å²) in [5, 5.41) is 40.3. The first-order valence-electron chi connectivity index (χ1n) is 28.0. The number of ether oxygens (including phenoxy) is 4. The minimum atomic E-state index is -1.55. The third-order valence-electron chi connectivity index (χ3n) is 12.2. The van der Waals surface area contributed by atoms with Crippen molar-refractivity contribution in [1.29, 1.82) is 0 Å². The Kier molecular flexibility index (Phi) is 47.1. The van der Waals surface area contributed by atoms with Gasteiger partial charge in [-0.15, -0.1) is 0 Å². The molecule has 0 aromatic rings. The van der Waals surface area contributed by atoms with E-state index in [9.17, 15) is 25.2 Å². The molecular weight excluding hydrogens is 877 g/mol. The Bertz CT molecular complexity index is 1440. The van der Waals surface area contributed by atoms with Crippen molar-refractivity contribution in [3.05, 3.63) is 109 Å². The van der Waals surface area contributed by atoms with Gasteiger partial charge in [-0.1, -0.05) is 213 Å². The zero-order chi connectivity index (χ0) is 50.6.